The van der Waals surface area contributed by atoms with Crippen molar-refractivity contribution in [3.05, 3.63) is 60.3 Å². The van der Waals surface area contributed by atoms with Crippen molar-refractivity contribution in [3.63, 3.8) is 0 Å². The van der Waals surface area contributed by atoms with Crippen LogP contribution in [0.15, 0.2) is 54.7 Å². The first kappa shape index (κ1) is 19.2. The number of aromatic nitrogens is 1. The van der Waals surface area contributed by atoms with Crippen LogP contribution in [0.4, 0.5) is 0 Å². The molecule has 2 aliphatic heterocycles. The van der Waals surface area contributed by atoms with Crippen molar-refractivity contribution in [2.45, 2.75) is 37.4 Å². The van der Waals surface area contributed by atoms with Crippen molar-refractivity contribution in [1.29, 1.82) is 0 Å². The molecule has 3 heterocycles. The summed E-state index contributed by atoms with van der Waals surface area (Å²) in [6.07, 6.45) is 5.26. The summed E-state index contributed by atoms with van der Waals surface area (Å²) in [5.74, 6) is 0.785. The maximum Gasteiger partial charge on any atom is 0.125 e. The van der Waals surface area contributed by atoms with Gasteiger partial charge in [-0.05, 0) is 42.7 Å². The van der Waals surface area contributed by atoms with E-state index in [1.807, 2.05) is 36.5 Å². The molecule has 30 heavy (non-hydrogen) atoms. The molecule has 0 radical (unpaired) electrons. The predicted molar refractivity (Wildman–Crippen MR) is 116 cm³/mol. The number of rotatable bonds is 4. The Kier molecular flexibility index (Phi) is 5.01. The lowest BCUT2D eigenvalue weighted by molar-refractivity contribution is -0.108. The highest BCUT2D eigenvalue weighted by Crippen LogP contribution is 2.45. The minimum absolute atomic E-state index is 0.309. The van der Waals surface area contributed by atoms with Crippen LogP contribution in [0.2, 0.25) is 0 Å². The molecule has 5 heteroatoms. The highest BCUT2D eigenvalue weighted by molar-refractivity contribution is 5.83. The lowest BCUT2D eigenvalue weighted by Crippen LogP contribution is -2.50. The molecule has 1 spiro atoms. The summed E-state index contributed by atoms with van der Waals surface area (Å²) in [5, 5.41) is 12.1. The Balaban J connectivity index is 1.38. The molecule has 2 aromatic carbocycles. The number of likely N-dealkylation sites (tertiary alicyclic amines) is 1. The van der Waals surface area contributed by atoms with Crippen LogP contribution in [0.25, 0.3) is 22.0 Å². The Labute approximate surface area is 176 Å². The van der Waals surface area contributed by atoms with Crippen LogP contribution < -0.4 is 4.74 Å². The number of aliphatic hydroxyl groups is 1. The molecule has 1 saturated heterocycles. The number of pyridine rings is 1. The molecule has 0 saturated carbocycles. The second-order valence-corrected chi connectivity index (χ2v) is 8.47. The van der Waals surface area contributed by atoms with Crippen LogP contribution in [0, 0.1) is 0 Å². The normalized spacial score (nSPS) is 20.6. The number of carbonyl (C=O) groups excluding carboxylic acids is 1. The topological polar surface area (TPSA) is 62.7 Å². The van der Waals surface area contributed by atoms with Gasteiger partial charge in [-0.3, -0.25) is 4.98 Å². The van der Waals surface area contributed by atoms with E-state index in [9.17, 15) is 9.90 Å². The molecule has 5 rings (SSSR count). The quantitative estimate of drug-likeness (QED) is 0.665. The van der Waals surface area contributed by atoms with Gasteiger partial charge < -0.3 is 19.5 Å². The number of benzene rings is 2. The molecule has 1 N–H and O–H groups in total. The first-order valence-electron chi connectivity index (χ1n) is 10.7. The highest BCUT2D eigenvalue weighted by atomic mass is 16.5. The standard InChI is InChI=1S/C25H26N2O3/c28-13-3-10-27-11-8-25(9-12-27)16-23(29)21-15-18(6-7-24(21)30-25)20-14-19-4-1-2-5-22(19)26-17-20/h1-2,4-7,13-15,17,23,29H,3,8-12,16H2/t23-/m0/s1. The molecule has 3 aromatic rings. The smallest absolute Gasteiger partial charge is 0.125 e. The van der Waals surface area contributed by atoms with Gasteiger partial charge >= 0.3 is 0 Å². The van der Waals surface area contributed by atoms with E-state index in [0.29, 0.717) is 12.8 Å². The van der Waals surface area contributed by atoms with Crippen molar-refractivity contribution >= 4 is 17.2 Å². The van der Waals surface area contributed by atoms with E-state index in [2.05, 4.69) is 28.1 Å². The predicted octanol–water partition coefficient (Wildman–Crippen LogP) is 4.14. The van der Waals surface area contributed by atoms with Crippen molar-refractivity contribution in [2.75, 3.05) is 19.6 Å². The summed E-state index contributed by atoms with van der Waals surface area (Å²) in [5.41, 5.74) is 3.59. The van der Waals surface area contributed by atoms with Gasteiger partial charge in [-0.1, -0.05) is 24.3 Å². The van der Waals surface area contributed by atoms with Crippen LogP contribution in [0.5, 0.6) is 5.75 Å². The van der Waals surface area contributed by atoms with Crippen molar-refractivity contribution in [2.24, 2.45) is 0 Å². The SMILES string of the molecule is O=CCCN1CCC2(CC1)C[C@H](O)c1cc(-c3cnc4ccccc4c3)ccc1O2. The highest BCUT2D eigenvalue weighted by Gasteiger charge is 2.42. The van der Waals surface area contributed by atoms with Gasteiger partial charge in [0.2, 0.25) is 0 Å². The van der Waals surface area contributed by atoms with Crippen LogP contribution in [-0.2, 0) is 4.79 Å². The minimum atomic E-state index is -0.538. The molecule has 1 aromatic heterocycles. The molecule has 0 unspecified atom stereocenters. The molecule has 0 amide bonds. The molecule has 0 bridgehead atoms. The number of para-hydroxylation sites is 1. The summed E-state index contributed by atoms with van der Waals surface area (Å²) in [7, 11) is 0. The van der Waals surface area contributed by atoms with Crippen LogP contribution >= 0.6 is 0 Å². The Bertz CT molecular complexity index is 1070. The first-order chi connectivity index (χ1) is 14.7. The Morgan fingerprint density at radius 3 is 2.80 bits per heavy atom. The number of aldehydes is 1. The van der Waals surface area contributed by atoms with Gasteiger partial charge in [-0.15, -0.1) is 0 Å². The van der Waals surface area contributed by atoms with E-state index in [0.717, 1.165) is 72.1 Å². The molecule has 0 aliphatic carbocycles. The fourth-order valence-corrected chi connectivity index (χ4v) is 4.77. The average Bonchev–Trinajstić information content (AvgIpc) is 2.78. The molecular formula is C25H26N2O3. The van der Waals surface area contributed by atoms with Gasteiger partial charge in [0.15, 0.2) is 0 Å². The summed E-state index contributed by atoms with van der Waals surface area (Å²) in [4.78, 5) is 17.5. The molecule has 1 fully saturated rings. The minimum Gasteiger partial charge on any atom is -0.487 e. The number of piperidine rings is 1. The van der Waals surface area contributed by atoms with Crippen molar-refractivity contribution < 1.29 is 14.6 Å². The fourth-order valence-electron chi connectivity index (χ4n) is 4.77. The Morgan fingerprint density at radius 2 is 1.97 bits per heavy atom. The second kappa shape index (κ2) is 7.82. The molecule has 2 aliphatic rings. The number of hydrogen-bond acceptors (Lipinski definition) is 5. The van der Waals surface area contributed by atoms with Crippen LogP contribution in [0.3, 0.4) is 0 Å². The van der Waals surface area contributed by atoms with E-state index < -0.39 is 6.10 Å². The van der Waals surface area contributed by atoms with Gasteiger partial charge in [0, 0.05) is 55.2 Å². The van der Waals surface area contributed by atoms with Gasteiger partial charge in [-0.25, -0.2) is 0 Å². The van der Waals surface area contributed by atoms with E-state index in [1.54, 1.807) is 0 Å². The lowest BCUT2D eigenvalue weighted by atomic mass is 9.81. The maximum absolute atomic E-state index is 11.0. The summed E-state index contributed by atoms with van der Waals surface area (Å²) >= 11 is 0. The monoisotopic (exact) mass is 402 g/mol. The number of hydrogen-bond donors (Lipinski definition) is 1. The Hall–Kier alpha value is -2.76. The van der Waals surface area contributed by atoms with Gasteiger partial charge in [0.05, 0.1) is 11.6 Å². The van der Waals surface area contributed by atoms with Gasteiger partial charge in [-0.2, -0.15) is 0 Å². The zero-order valence-corrected chi connectivity index (χ0v) is 17.0. The zero-order valence-electron chi connectivity index (χ0n) is 17.0. The van der Waals surface area contributed by atoms with E-state index in [1.165, 1.54) is 0 Å². The number of ether oxygens (including phenoxy) is 1. The molecular weight excluding hydrogens is 376 g/mol. The fraction of sp³-hybridized carbons (Fsp3) is 0.360. The van der Waals surface area contributed by atoms with Gasteiger partial charge in [0.1, 0.15) is 17.6 Å². The largest absolute Gasteiger partial charge is 0.487 e. The van der Waals surface area contributed by atoms with E-state index in [-0.39, 0.29) is 5.60 Å². The molecule has 5 nitrogen and oxygen atoms in total. The summed E-state index contributed by atoms with van der Waals surface area (Å²) < 4.78 is 6.47. The third-order valence-corrected chi connectivity index (χ3v) is 6.51. The average molecular weight is 402 g/mol. The third kappa shape index (κ3) is 3.59. The number of carbonyl (C=O) groups is 1. The summed E-state index contributed by atoms with van der Waals surface area (Å²) in [6, 6.07) is 16.3. The first-order valence-corrected chi connectivity index (χ1v) is 10.7. The van der Waals surface area contributed by atoms with E-state index >= 15 is 0 Å². The zero-order chi connectivity index (χ0) is 20.6. The van der Waals surface area contributed by atoms with Crippen LogP contribution in [-0.4, -0.2) is 46.5 Å². The van der Waals surface area contributed by atoms with Crippen LogP contribution in [0.1, 0.15) is 37.4 Å². The second-order valence-electron chi connectivity index (χ2n) is 8.47. The Morgan fingerprint density at radius 1 is 1.13 bits per heavy atom. The van der Waals surface area contributed by atoms with E-state index in [4.69, 9.17) is 4.74 Å². The van der Waals surface area contributed by atoms with Gasteiger partial charge in [0.25, 0.3) is 0 Å². The number of nitrogens with zero attached hydrogens (tertiary/aromatic N) is 2. The van der Waals surface area contributed by atoms with Crippen molar-refractivity contribution in [3.8, 4) is 16.9 Å². The molecule has 154 valence electrons. The van der Waals surface area contributed by atoms with Crippen molar-refractivity contribution in [1.82, 2.24) is 9.88 Å². The third-order valence-electron chi connectivity index (χ3n) is 6.51. The molecule has 1 atom stereocenters. The lowest BCUT2D eigenvalue weighted by Gasteiger charge is -2.46. The summed E-state index contributed by atoms with van der Waals surface area (Å²) in [6.45, 7) is 2.61. The number of aliphatic hydroxyl groups excluding tert-OH is 1. The maximum atomic E-state index is 11.0. The number of fused-ring (bicyclic) bond motifs is 2.